The van der Waals surface area contributed by atoms with Crippen molar-refractivity contribution in [3.63, 3.8) is 0 Å². The van der Waals surface area contributed by atoms with Crippen LogP contribution in [0.2, 0.25) is 0 Å². The van der Waals surface area contributed by atoms with Crippen molar-refractivity contribution in [2.45, 2.75) is 24.7 Å². The van der Waals surface area contributed by atoms with E-state index in [0.717, 1.165) is 18.9 Å². The third-order valence-electron chi connectivity index (χ3n) is 2.98. The zero-order chi connectivity index (χ0) is 16.6. The summed E-state index contributed by atoms with van der Waals surface area (Å²) in [5.41, 5.74) is 0.350. The van der Waals surface area contributed by atoms with Crippen LogP contribution in [0.25, 0.3) is 0 Å². The molecular formula is C14H22N2O5S. The number of methoxy groups -OCH3 is 1. The summed E-state index contributed by atoms with van der Waals surface area (Å²) in [7, 11) is -2.29. The summed E-state index contributed by atoms with van der Waals surface area (Å²) in [5, 5.41) is 12.3. The van der Waals surface area contributed by atoms with E-state index < -0.39 is 16.0 Å². The van der Waals surface area contributed by atoms with Gasteiger partial charge in [-0.3, -0.25) is 0 Å². The van der Waals surface area contributed by atoms with Gasteiger partial charge in [0.05, 0.1) is 17.1 Å². The SMILES string of the molecule is CCCCNc1ccc(S(=O)(=O)NCCOC)cc1C(=O)O. The maximum Gasteiger partial charge on any atom is 0.337 e. The highest BCUT2D eigenvalue weighted by Gasteiger charge is 2.18. The number of aromatic carboxylic acids is 1. The van der Waals surface area contributed by atoms with Gasteiger partial charge in [-0.25, -0.2) is 17.9 Å². The van der Waals surface area contributed by atoms with Gasteiger partial charge in [0.25, 0.3) is 0 Å². The molecule has 8 heteroatoms. The van der Waals surface area contributed by atoms with Crippen LogP contribution in [0.1, 0.15) is 30.1 Å². The second kappa shape index (κ2) is 8.72. The molecule has 7 nitrogen and oxygen atoms in total. The number of sulfonamides is 1. The molecule has 0 unspecified atom stereocenters. The minimum absolute atomic E-state index is 0.0641. The molecule has 0 aliphatic rings. The molecule has 0 aliphatic heterocycles. The predicted octanol–water partition coefficient (Wildman–Crippen LogP) is 1.52. The van der Waals surface area contributed by atoms with Gasteiger partial charge in [0, 0.05) is 25.9 Å². The molecule has 0 fully saturated rings. The van der Waals surface area contributed by atoms with Gasteiger partial charge in [-0.05, 0) is 24.6 Å². The van der Waals surface area contributed by atoms with E-state index in [1.807, 2.05) is 6.92 Å². The summed E-state index contributed by atoms with van der Waals surface area (Å²) in [4.78, 5) is 11.2. The average Bonchev–Trinajstić information content (AvgIpc) is 2.47. The first-order chi connectivity index (χ1) is 10.4. The third-order valence-corrected chi connectivity index (χ3v) is 4.43. The lowest BCUT2D eigenvalue weighted by Crippen LogP contribution is -2.27. The molecule has 1 aromatic carbocycles. The van der Waals surface area contributed by atoms with Crippen LogP contribution < -0.4 is 10.0 Å². The quantitative estimate of drug-likeness (QED) is 0.562. The fraction of sp³-hybridized carbons (Fsp3) is 0.500. The first-order valence-electron chi connectivity index (χ1n) is 7.02. The number of hydrogen-bond donors (Lipinski definition) is 3. The Bertz CT molecular complexity index is 601. The van der Waals surface area contributed by atoms with Gasteiger partial charge in [-0.1, -0.05) is 13.3 Å². The molecule has 0 atom stereocenters. The zero-order valence-corrected chi connectivity index (χ0v) is 13.6. The third kappa shape index (κ3) is 5.28. The number of carboxylic acids is 1. The lowest BCUT2D eigenvalue weighted by Gasteiger charge is -2.12. The Morgan fingerprint density at radius 3 is 2.64 bits per heavy atom. The molecule has 1 aromatic rings. The summed E-state index contributed by atoms with van der Waals surface area (Å²) in [5.74, 6) is -1.17. The largest absolute Gasteiger partial charge is 0.478 e. The van der Waals surface area contributed by atoms with Gasteiger partial charge in [-0.15, -0.1) is 0 Å². The number of rotatable bonds is 10. The molecule has 0 radical (unpaired) electrons. The Kier molecular flexibility index (Phi) is 7.30. The van der Waals surface area contributed by atoms with Gasteiger partial charge in [0.15, 0.2) is 0 Å². The number of carbonyl (C=O) groups is 1. The van der Waals surface area contributed by atoms with E-state index >= 15 is 0 Å². The molecule has 22 heavy (non-hydrogen) atoms. The molecule has 0 saturated heterocycles. The highest BCUT2D eigenvalue weighted by Crippen LogP contribution is 2.20. The summed E-state index contributed by atoms with van der Waals surface area (Å²) in [6.07, 6.45) is 1.88. The predicted molar refractivity (Wildman–Crippen MR) is 83.9 cm³/mol. The topological polar surface area (TPSA) is 105 Å². The molecule has 1 rings (SSSR count). The van der Waals surface area contributed by atoms with Crippen molar-refractivity contribution in [2.24, 2.45) is 0 Å². The highest BCUT2D eigenvalue weighted by atomic mass is 32.2. The van der Waals surface area contributed by atoms with Crippen LogP contribution >= 0.6 is 0 Å². The normalized spacial score (nSPS) is 11.4. The fourth-order valence-electron chi connectivity index (χ4n) is 1.78. The minimum atomic E-state index is -3.75. The number of carboxylic acid groups (broad SMARTS) is 1. The summed E-state index contributed by atoms with van der Waals surface area (Å²) >= 11 is 0. The molecule has 0 amide bonds. The van der Waals surface area contributed by atoms with Gasteiger partial charge in [0.1, 0.15) is 0 Å². The van der Waals surface area contributed by atoms with Gasteiger partial charge >= 0.3 is 5.97 Å². The number of hydrogen-bond acceptors (Lipinski definition) is 5. The first-order valence-corrected chi connectivity index (χ1v) is 8.50. The Morgan fingerprint density at radius 2 is 2.05 bits per heavy atom. The van der Waals surface area contributed by atoms with Crippen molar-refractivity contribution in [1.29, 1.82) is 0 Å². The molecule has 0 saturated carbocycles. The monoisotopic (exact) mass is 330 g/mol. The van der Waals surface area contributed by atoms with E-state index in [9.17, 15) is 18.3 Å². The van der Waals surface area contributed by atoms with Crippen molar-refractivity contribution in [2.75, 3.05) is 32.1 Å². The van der Waals surface area contributed by atoms with E-state index in [2.05, 4.69) is 10.0 Å². The number of anilines is 1. The smallest absolute Gasteiger partial charge is 0.337 e. The maximum absolute atomic E-state index is 12.1. The number of benzene rings is 1. The van der Waals surface area contributed by atoms with E-state index in [0.29, 0.717) is 12.2 Å². The van der Waals surface area contributed by atoms with E-state index in [-0.39, 0.29) is 23.6 Å². The fourth-order valence-corrected chi connectivity index (χ4v) is 2.82. The summed E-state index contributed by atoms with van der Waals surface area (Å²) in [6, 6.07) is 4.02. The van der Waals surface area contributed by atoms with Gasteiger partial charge in [0.2, 0.25) is 10.0 Å². The zero-order valence-electron chi connectivity index (χ0n) is 12.8. The first kappa shape index (κ1) is 18.4. The molecule has 124 valence electrons. The average molecular weight is 330 g/mol. The molecule has 0 heterocycles. The molecule has 0 bridgehead atoms. The van der Waals surface area contributed by atoms with Crippen LogP contribution in [0.4, 0.5) is 5.69 Å². The van der Waals surface area contributed by atoms with Crippen molar-refractivity contribution in [1.82, 2.24) is 4.72 Å². The van der Waals surface area contributed by atoms with Gasteiger partial charge in [-0.2, -0.15) is 0 Å². The van der Waals surface area contributed by atoms with Crippen LogP contribution in [0.15, 0.2) is 23.1 Å². The lowest BCUT2D eigenvalue weighted by molar-refractivity contribution is 0.0697. The second-order valence-electron chi connectivity index (χ2n) is 4.68. The van der Waals surface area contributed by atoms with Crippen LogP contribution in [-0.2, 0) is 14.8 Å². The van der Waals surface area contributed by atoms with Crippen molar-refractivity contribution in [3.8, 4) is 0 Å². The van der Waals surface area contributed by atoms with Crippen LogP contribution in [0, 0.1) is 0 Å². The minimum Gasteiger partial charge on any atom is -0.478 e. The standard InChI is InChI=1S/C14H22N2O5S/c1-3-4-7-15-13-6-5-11(10-12(13)14(17)18)22(19,20)16-8-9-21-2/h5-6,10,15-16H,3-4,7-9H2,1-2H3,(H,17,18). The maximum atomic E-state index is 12.1. The molecule has 0 aromatic heterocycles. The van der Waals surface area contributed by atoms with Crippen molar-refractivity contribution < 1.29 is 23.1 Å². The van der Waals surface area contributed by atoms with E-state index in [1.165, 1.54) is 19.2 Å². The van der Waals surface area contributed by atoms with Gasteiger partial charge < -0.3 is 15.2 Å². The van der Waals surface area contributed by atoms with E-state index in [4.69, 9.17) is 4.74 Å². The van der Waals surface area contributed by atoms with E-state index in [1.54, 1.807) is 0 Å². The Morgan fingerprint density at radius 1 is 1.32 bits per heavy atom. The second-order valence-corrected chi connectivity index (χ2v) is 6.45. The van der Waals surface area contributed by atoms with Crippen molar-refractivity contribution in [3.05, 3.63) is 23.8 Å². The summed E-state index contributed by atoms with van der Waals surface area (Å²) < 4.78 is 31.3. The Balaban J connectivity index is 2.99. The number of unbranched alkanes of at least 4 members (excludes halogenated alkanes) is 1. The van der Waals surface area contributed by atoms with Crippen LogP contribution in [0.3, 0.4) is 0 Å². The molecule has 0 spiro atoms. The lowest BCUT2D eigenvalue weighted by atomic mass is 10.1. The number of nitrogens with one attached hydrogen (secondary N) is 2. The number of ether oxygens (including phenoxy) is 1. The van der Waals surface area contributed by atoms with Crippen LogP contribution in [-0.4, -0.2) is 46.3 Å². The van der Waals surface area contributed by atoms with Crippen LogP contribution in [0.5, 0.6) is 0 Å². The summed E-state index contributed by atoms with van der Waals surface area (Å²) in [6.45, 7) is 3.02. The van der Waals surface area contributed by atoms with Crippen molar-refractivity contribution >= 4 is 21.7 Å². The molecule has 0 aliphatic carbocycles. The molecular weight excluding hydrogens is 308 g/mol. The Hall–Kier alpha value is -1.64. The highest BCUT2D eigenvalue weighted by molar-refractivity contribution is 7.89. The Labute approximate surface area is 130 Å². The molecule has 3 N–H and O–H groups in total.